The van der Waals surface area contributed by atoms with E-state index in [-0.39, 0.29) is 5.56 Å². The largest absolute Gasteiger partial charge is 0.372 e. The van der Waals surface area contributed by atoms with Gasteiger partial charge < -0.3 is 25.3 Å². The van der Waals surface area contributed by atoms with Crippen LogP contribution in [0.25, 0.3) is 22.7 Å². The van der Waals surface area contributed by atoms with E-state index in [1.54, 1.807) is 0 Å². The van der Waals surface area contributed by atoms with Gasteiger partial charge in [0.2, 0.25) is 5.96 Å². The molecule has 2 aromatic heterocycles. The summed E-state index contributed by atoms with van der Waals surface area (Å²) in [5, 5.41) is 11.3. The number of aryl methyl sites for hydroxylation is 2. The van der Waals surface area contributed by atoms with Crippen molar-refractivity contribution in [1.82, 2.24) is 29.9 Å². The van der Waals surface area contributed by atoms with Crippen LogP contribution in [0, 0.1) is 24.5 Å². The van der Waals surface area contributed by atoms with Gasteiger partial charge in [-0.1, -0.05) is 45.7 Å². The third-order valence-corrected chi connectivity index (χ3v) is 14.0. The van der Waals surface area contributed by atoms with Crippen LogP contribution in [-0.2, 0) is 13.5 Å². The lowest BCUT2D eigenvalue weighted by atomic mass is 9.87. The van der Waals surface area contributed by atoms with Crippen molar-refractivity contribution >= 4 is 34.4 Å². The van der Waals surface area contributed by atoms with Crippen molar-refractivity contribution in [2.24, 2.45) is 18.0 Å². The van der Waals surface area contributed by atoms with E-state index in [4.69, 9.17) is 9.98 Å². The quantitative estimate of drug-likeness (QED) is 0.199. The number of aromatic nitrogens is 3. The summed E-state index contributed by atoms with van der Waals surface area (Å²) < 4.78 is 32.8. The molecule has 2 bridgehead atoms. The summed E-state index contributed by atoms with van der Waals surface area (Å²) in [5.41, 5.74) is 12.1. The van der Waals surface area contributed by atoms with E-state index in [0.717, 1.165) is 128 Å². The van der Waals surface area contributed by atoms with Gasteiger partial charge in [0.15, 0.2) is 0 Å². The number of aliphatic imine (C=N–C) groups is 1. The maximum absolute atomic E-state index is 15.4. The van der Waals surface area contributed by atoms with Gasteiger partial charge in [0, 0.05) is 116 Å². The third-order valence-electron chi connectivity index (χ3n) is 14.0. The van der Waals surface area contributed by atoms with Crippen molar-refractivity contribution in [3.63, 3.8) is 0 Å². The van der Waals surface area contributed by atoms with Crippen molar-refractivity contribution < 1.29 is 8.78 Å². The zero-order valence-corrected chi connectivity index (χ0v) is 36.8. The molecule has 3 saturated heterocycles. The maximum atomic E-state index is 15.4. The fourth-order valence-electron chi connectivity index (χ4n) is 10.2. The Morgan fingerprint density at radius 3 is 2.40 bits per heavy atom. The summed E-state index contributed by atoms with van der Waals surface area (Å²) in [6, 6.07) is 14.4. The van der Waals surface area contributed by atoms with Crippen LogP contribution in [0.1, 0.15) is 85.9 Å². The monoisotopic (exact) mass is 838 g/mol. The molecule has 0 amide bonds. The normalized spacial score (nSPS) is 22.3. The van der Waals surface area contributed by atoms with Gasteiger partial charge in [-0.2, -0.15) is 5.10 Å². The van der Waals surface area contributed by atoms with E-state index < -0.39 is 17.6 Å². The van der Waals surface area contributed by atoms with E-state index in [1.807, 2.05) is 24.9 Å². The minimum absolute atomic E-state index is 0.101. The number of piperidine rings is 2. The highest BCUT2D eigenvalue weighted by Crippen LogP contribution is 2.40. The first-order chi connectivity index (χ1) is 29.8. The van der Waals surface area contributed by atoms with E-state index >= 15 is 8.78 Å². The molecule has 0 aliphatic carbocycles. The highest BCUT2D eigenvalue weighted by Gasteiger charge is 2.37. The molecule has 2 N–H and O–H groups in total. The predicted octanol–water partition coefficient (Wildman–Crippen LogP) is 9.44. The molecule has 0 spiro atoms. The zero-order chi connectivity index (χ0) is 43.4. The average Bonchev–Trinajstić information content (AvgIpc) is 3.76. The molecule has 0 saturated carbocycles. The number of guanidine groups is 1. The minimum Gasteiger partial charge on any atom is -0.372 e. The number of hydrogen-bond acceptors (Lipinski definition) is 9. The van der Waals surface area contributed by atoms with Crippen molar-refractivity contribution in [2.45, 2.75) is 83.2 Å². The van der Waals surface area contributed by atoms with E-state index in [0.29, 0.717) is 47.9 Å². The number of fused-ring (bicyclic) bond motifs is 7. The second kappa shape index (κ2) is 16.8. The van der Waals surface area contributed by atoms with Crippen molar-refractivity contribution in [1.29, 1.82) is 0 Å². The lowest BCUT2D eigenvalue weighted by Crippen LogP contribution is -2.61. The molecule has 2 atom stereocenters. The van der Waals surface area contributed by atoms with Crippen LogP contribution < -0.4 is 20.4 Å². The Morgan fingerprint density at radius 2 is 1.66 bits per heavy atom. The molecule has 9 rings (SSSR count). The van der Waals surface area contributed by atoms with Crippen molar-refractivity contribution in [2.75, 3.05) is 54.9 Å². The van der Waals surface area contributed by atoms with Gasteiger partial charge in [-0.05, 0) is 99.7 Å². The Balaban J connectivity index is 0.849. The van der Waals surface area contributed by atoms with Gasteiger partial charge >= 0.3 is 0 Å². The molecule has 2 aromatic carbocycles. The second-order valence-corrected chi connectivity index (χ2v) is 18.3. The van der Waals surface area contributed by atoms with Crippen LogP contribution in [0.15, 0.2) is 91.4 Å². The Hall–Kier alpha value is -5.75. The molecular weight excluding hydrogens is 779 g/mol. The SMILES string of the molecule is C=C1CC[C@H](c2c(F)cc(N3CC(N4CCC(N(C)C(=C)c5ccc6c(c5)N5C[C@H](C)CCCCc7c(cnn7C)-c7cc(cc(C)n7)C(=C)/N=C/5N6)CC4)C3)cc2F)C(=C)N1. The molecule has 0 unspecified atom stereocenters. The van der Waals surface area contributed by atoms with Gasteiger partial charge in [0.25, 0.3) is 0 Å². The van der Waals surface area contributed by atoms with Gasteiger partial charge in [-0.15, -0.1) is 0 Å². The van der Waals surface area contributed by atoms with Crippen LogP contribution in [0.4, 0.5) is 25.8 Å². The second-order valence-electron chi connectivity index (χ2n) is 18.3. The number of nitrogens with one attached hydrogen (secondary N) is 2. The molecule has 5 aliphatic rings. The summed E-state index contributed by atoms with van der Waals surface area (Å²) in [6.07, 6.45) is 9.48. The molecule has 7 heterocycles. The fraction of sp³-hybridized carbons (Fsp3) is 0.420. The number of anilines is 3. The molecule has 5 aliphatic heterocycles. The number of pyridine rings is 1. The first-order valence-corrected chi connectivity index (χ1v) is 22.3. The highest BCUT2D eigenvalue weighted by atomic mass is 19.1. The van der Waals surface area contributed by atoms with E-state index in [2.05, 4.69) is 106 Å². The Bertz CT molecular complexity index is 2450. The molecule has 12 heteroatoms. The smallest absolute Gasteiger partial charge is 0.208 e. The van der Waals surface area contributed by atoms with E-state index in [9.17, 15) is 0 Å². The van der Waals surface area contributed by atoms with Gasteiger partial charge in [-0.3, -0.25) is 14.6 Å². The number of benzene rings is 2. The summed E-state index contributed by atoms with van der Waals surface area (Å²) in [7, 11) is 4.19. The zero-order valence-electron chi connectivity index (χ0n) is 36.8. The number of rotatable bonds is 6. The predicted molar refractivity (Wildman–Crippen MR) is 249 cm³/mol. The van der Waals surface area contributed by atoms with Gasteiger partial charge in [0.05, 0.1) is 29.0 Å². The summed E-state index contributed by atoms with van der Waals surface area (Å²) >= 11 is 0. The molecule has 4 aromatic rings. The molecular formula is C50H60F2N10. The van der Waals surface area contributed by atoms with Crippen LogP contribution in [-0.4, -0.2) is 82.4 Å². The van der Waals surface area contributed by atoms with Gasteiger partial charge in [0.1, 0.15) is 11.6 Å². The fourth-order valence-corrected chi connectivity index (χ4v) is 10.2. The van der Waals surface area contributed by atoms with Crippen molar-refractivity contribution in [3.8, 4) is 11.3 Å². The van der Waals surface area contributed by atoms with E-state index in [1.165, 1.54) is 17.8 Å². The summed E-state index contributed by atoms with van der Waals surface area (Å²) in [4.78, 5) is 19.4. The number of likely N-dealkylation sites (tertiary alicyclic amines) is 1. The molecule has 0 radical (unpaired) electrons. The first kappa shape index (κ1) is 41.6. The highest BCUT2D eigenvalue weighted by molar-refractivity contribution is 6.16. The molecule has 62 heavy (non-hydrogen) atoms. The number of nitrogens with zero attached hydrogens (tertiary/aromatic N) is 8. The Kier molecular flexibility index (Phi) is 11.3. The standard InChI is InChI=1S/C50H60F2N10/c1-30-11-9-10-12-47-42(26-53-59(47)8)46-22-37(21-32(3)55-46)33(4)56-50-57-45-16-14-36(23-48(45)62(50)27-30)35(6)58(7)38-17-19-60(20-18-38)40-28-61(29-40)39-24-43(51)49(44(52)25-39)41-15-13-31(2)54-34(41)5/h14,16,21-26,30,38,40-41,54H,2,4-6,9-13,15,17-20,27-29H2,1,3,7-8H3,(H,56,57)/t30-,41+/m1/s1. The van der Waals surface area contributed by atoms with Crippen LogP contribution in [0.5, 0.6) is 0 Å². The minimum atomic E-state index is -0.504. The van der Waals surface area contributed by atoms with Crippen LogP contribution in [0.2, 0.25) is 0 Å². The van der Waals surface area contributed by atoms with Gasteiger partial charge in [-0.25, -0.2) is 13.8 Å². The Morgan fingerprint density at radius 1 is 0.903 bits per heavy atom. The third kappa shape index (κ3) is 8.05. The molecule has 10 nitrogen and oxygen atoms in total. The van der Waals surface area contributed by atoms with Crippen LogP contribution >= 0.6 is 0 Å². The maximum Gasteiger partial charge on any atom is 0.208 e. The number of allylic oxidation sites excluding steroid dienone is 2. The summed E-state index contributed by atoms with van der Waals surface area (Å²) in [6.45, 7) is 25.7. The lowest BCUT2D eigenvalue weighted by Gasteiger charge is -2.49. The average molecular weight is 839 g/mol. The number of halogens is 2. The summed E-state index contributed by atoms with van der Waals surface area (Å²) in [5.74, 6) is -0.196. The molecule has 324 valence electrons. The van der Waals surface area contributed by atoms with Crippen molar-refractivity contribution in [3.05, 3.63) is 126 Å². The lowest BCUT2D eigenvalue weighted by molar-refractivity contribution is 0.103. The Labute approximate surface area is 365 Å². The molecule has 3 fully saturated rings. The first-order valence-electron chi connectivity index (χ1n) is 22.3. The topological polar surface area (TPSA) is 80.1 Å². The number of hydrogen-bond donors (Lipinski definition) is 2. The van der Waals surface area contributed by atoms with Crippen LogP contribution in [0.3, 0.4) is 0 Å².